The second-order valence-electron chi connectivity index (χ2n) is 6.03. The third kappa shape index (κ3) is 4.19. The van der Waals surface area contributed by atoms with E-state index < -0.39 is 10.1 Å². The zero-order valence-electron chi connectivity index (χ0n) is 14.5. The Morgan fingerprint density at radius 1 is 1.16 bits per heavy atom. The van der Waals surface area contributed by atoms with Crippen molar-refractivity contribution in [2.75, 3.05) is 6.26 Å². The Morgan fingerprint density at radius 3 is 2.64 bits per heavy atom. The van der Waals surface area contributed by atoms with Crippen LogP contribution in [0.1, 0.15) is 24.6 Å². The summed E-state index contributed by atoms with van der Waals surface area (Å²) in [5.41, 5.74) is 3.35. The molecule has 1 aromatic heterocycles. The smallest absolute Gasteiger partial charge is 0.306 e. The molecule has 0 fully saturated rings. The standard InChI is InChI=1S/C19H21NO3S2/c1-4-7-14-8-5-6-9-18(14)24-19-13(2)20-17-11-10-15(12-16(17)19)23-25(3,21)22/h5-6,8-12,20H,4,7H2,1-3H3. The molecule has 0 aliphatic rings. The fraction of sp³-hybridized carbons (Fsp3) is 0.263. The molecule has 0 radical (unpaired) electrons. The summed E-state index contributed by atoms with van der Waals surface area (Å²) in [6, 6.07) is 13.7. The van der Waals surface area contributed by atoms with Crippen molar-refractivity contribution in [2.45, 2.75) is 36.5 Å². The van der Waals surface area contributed by atoms with E-state index >= 15 is 0 Å². The Labute approximate surface area is 152 Å². The van der Waals surface area contributed by atoms with Crippen molar-refractivity contribution in [3.05, 3.63) is 53.7 Å². The first-order valence-corrected chi connectivity index (χ1v) is 10.8. The molecule has 3 aromatic rings. The van der Waals surface area contributed by atoms with Gasteiger partial charge < -0.3 is 9.17 Å². The SMILES string of the molecule is CCCc1ccccc1Sc1c(C)[nH]c2ccc(OS(C)(=O)=O)cc12. The predicted molar refractivity (Wildman–Crippen MR) is 103 cm³/mol. The van der Waals surface area contributed by atoms with Gasteiger partial charge in [-0.1, -0.05) is 43.3 Å². The Balaban J connectivity index is 2.04. The first kappa shape index (κ1) is 17.9. The molecule has 0 amide bonds. The lowest BCUT2D eigenvalue weighted by molar-refractivity contribution is 0.493. The highest BCUT2D eigenvalue weighted by molar-refractivity contribution is 7.99. The zero-order chi connectivity index (χ0) is 18.0. The van der Waals surface area contributed by atoms with Crippen LogP contribution in [0.25, 0.3) is 10.9 Å². The van der Waals surface area contributed by atoms with Gasteiger partial charge in [0.05, 0.1) is 6.26 Å². The van der Waals surface area contributed by atoms with Gasteiger partial charge in [-0.05, 0) is 43.2 Å². The largest absolute Gasteiger partial charge is 0.383 e. The van der Waals surface area contributed by atoms with Crippen molar-refractivity contribution in [2.24, 2.45) is 0 Å². The third-order valence-corrected chi connectivity index (χ3v) is 5.69. The van der Waals surface area contributed by atoms with Crippen LogP contribution in [0.3, 0.4) is 0 Å². The van der Waals surface area contributed by atoms with E-state index in [-0.39, 0.29) is 0 Å². The molecule has 132 valence electrons. The summed E-state index contributed by atoms with van der Waals surface area (Å²) in [5.74, 6) is 0.331. The molecular formula is C19H21NO3S2. The number of aromatic nitrogens is 1. The highest BCUT2D eigenvalue weighted by Crippen LogP contribution is 2.39. The maximum absolute atomic E-state index is 11.4. The molecule has 0 atom stereocenters. The number of nitrogens with one attached hydrogen (secondary N) is 1. The van der Waals surface area contributed by atoms with Gasteiger partial charge in [-0.2, -0.15) is 8.42 Å². The van der Waals surface area contributed by atoms with Gasteiger partial charge in [-0.15, -0.1) is 0 Å². The molecule has 0 saturated carbocycles. The normalized spacial score (nSPS) is 11.8. The molecule has 4 nitrogen and oxygen atoms in total. The number of hydrogen-bond acceptors (Lipinski definition) is 4. The van der Waals surface area contributed by atoms with Crippen LogP contribution >= 0.6 is 11.8 Å². The summed E-state index contributed by atoms with van der Waals surface area (Å²) in [4.78, 5) is 5.68. The highest BCUT2D eigenvalue weighted by atomic mass is 32.2. The van der Waals surface area contributed by atoms with Gasteiger partial charge in [0, 0.05) is 26.4 Å². The van der Waals surface area contributed by atoms with Gasteiger partial charge in [0.2, 0.25) is 0 Å². The zero-order valence-corrected chi connectivity index (χ0v) is 16.1. The van der Waals surface area contributed by atoms with Crippen molar-refractivity contribution < 1.29 is 12.6 Å². The fourth-order valence-corrected chi connectivity index (χ4v) is 4.43. The van der Waals surface area contributed by atoms with E-state index in [0.717, 1.165) is 40.6 Å². The van der Waals surface area contributed by atoms with E-state index in [0.29, 0.717) is 5.75 Å². The molecular weight excluding hydrogens is 354 g/mol. The number of hydrogen-bond donors (Lipinski definition) is 1. The van der Waals surface area contributed by atoms with Gasteiger partial charge in [0.1, 0.15) is 5.75 Å². The summed E-state index contributed by atoms with van der Waals surface area (Å²) >= 11 is 1.71. The molecule has 1 heterocycles. The van der Waals surface area contributed by atoms with E-state index in [9.17, 15) is 8.42 Å². The fourth-order valence-electron chi connectivity index (χ4n) is 2.83. The molecule has 0 aliphatic carbocycles. The Bertz CT molecular complexity index is 1010. The van der Waals surface area contributed by atoms with Gasteiger partial charge in [0.15, 0.2) is 0 Å². The Kier molecular flexibility index (Phi) is 5.11. The number of fused-ring (bicyclic) bond motifs is 1. The topological polar surface area (TPSA) is 59.2 Å². The van der Waals surface area contributed by atoms with Gasteiger partial charge in [-0.25, -0.2) is 0 Å². The second-order valence-corrected chi connectivity index (χ2v) is 8.66. The van der Waals surface area contributed by atoms with E-state index in [4.69, 9.17) is 4.18 Å². The van der Waals surface area contributed by atoms with E-state index in [1.165, 1.54) is 10.5 Å². The molecule has 2 aromatic carbocycles. The lowest BCUT2D eigenvalue weighted by Gasteiger charge is -2.09. The van der Waals surface area contributed by atoms with Crippen LogP contribution in [0.4, 0.5) is 0 Å². The van der Waals surface area contributed by atoms with Crippen molar-refractivity contribution in [3.63, 3.8) is 0 Å². The van der Waals surface area contributed by atoms with Crippen LogP contribution in [0.2, 0.25) is 0 Å². The van der Waals surface area contributed by atoms with E-state index in [1.54, 1.807) is 23.9 Å². The second kappa shape index (κ2) is 7.14. The summed E-state index contributed by atoms with van der Waals surface area (Å²) < 4.78 is 27.8. The van der Waals surface area contributed by atoms with Crippen LogP contribution in [0.15, 0.2) is 52.3 Å². The lowest BCUT2D eigenvalue weighted by atomic mass is 10.1. The van der Waals surface area contributed by atoms with Crippen molar-refractivity contribution in [1.82, 2.24) is 4.98 Å². The third-order valence-electron chi connectivity index (χ3n) is 3.85. The van der Waals surface area contributed by atoms with Crippen LogP contribution in [0.5, 0.6) is 5.75 Å². The Morgan fingerprint density at radius 2 is 1.92 bits per heavy atom. The monoisotopic (exact) mass is 375 g/mol. The van der Waals surface area contributed by atoms with Crippen LogP contribution < -0.4 is 4.18 Å². The average molecular weight is 376 g/mol. The maximum Gasteiger partial charge on any atom is 0.306 e. The van der Waals surface area contributed by atoms with Crippen LogP contribution in [-0.4, -0.2) is 19.7 Å². The molecule has 3 rings (SSSR count). The molecule has 25 heavy (non-hydrogen) atoms. The van der Waals surface area contributed by atoms with Gasteiger partial charge in [0.25, 0.3) is 0 Å². The summed E-state index contributed by atoms with van der Waals surface area (Å²) in [7, 11) is -3.54. The predicted octanol–water partition coefficient (Wildman–Crippen LogP) is 4.92. The molecule has 0 saturated heterocycles. The van der Waals surface area contributed by atoms with Crippen molar-refractivity contribution in [1.29, 1.82) is 0 Å². The number of H-pyrrole nitrogens is 1. The summed E-state index contributed by atoms with van der Waals surface area (Å²) in [6.45, 7) is 4.20. The quantitative estimate of drug-likeness (QED) is 0.621. The first-order valence-electron chi connectivity index (χ1n) is 8.15. The molecule has 1 N–H and O–H groups in total. The minimum Gasteiger partial charge on any atom is -0.383 e. The number of aryl methyl sites for hydroxylation is 2. The maximum atomic E-state index is 11.4. The van der Waals surface area contributed by atoms with E-state index in [2.05, 4.69) is 30.1 Å². The highest BCUT2D eigenvalue weighted by Gasteiger charge is 2.14. The lowest BCUT2D eigenvalue weighted by Crippen LogP contribution is -2.05. The number of aromatic amines is 1. The van der Waals surface area contributed by atoms with E-state index in [1.807, 2.05) is 19.1 Å². The van der Waals surface area contributed by atoms with Crippen LogP contribution in [0, 0.1) is 6.92 Å². The molecule has 0 spiro atoms. The van der Waals surface area contributed by atoms with Crippen LogP contribution in [-0.2, 0) is 16.5 Å². The minimum absolute atomic E-state index is 0.331. The molecule has 0 aliphatic heterocycles. The van der Waals surface area contributed by atoms with Gasteiger partial charge >= 0.3 is 10.1 Å². The summed E-state index contributed by atoms with van der Waals surface area (Å²) in [5, 5.41) is 0.968. The molecule has 0 unspecified atom stereocenters. The Hall–Kier alpha value is -1.92. The number of rotatable bonds is 6. The minimum atomic E-state index is -3.54. The van der Waals surface area contributed by atoms with Crippen molar-refractivity contribution >= 4 is 32.8 Å². The molecule has 6 heteroatoms. The number of benzene rings is 2. The average Bonchev–Trinajstić information content (AvgIpc) is 2.84. The molecule has 0 bridgehead atoms. The first-order chi connectivity index (χ1) is 11.9. The summed E-state index contributed by atoms with van der Waals surface area (Å²) in [6.07, 6.45) is 3.18. The van der Waals surface area contributed by atoms with Gasteiger partial charge in [-0.3, -0.25) is 0 Å². The van der Waals surface area contributed by atoms with Crippen molar-refractivity contribution in [3.8, 4) is 5.75 Å².